The van der Waals surface area contributed by atoms with E-state index in [0.717, 1.165) is 5.56 Å². The van der Waals surface area contributed by atoms with Crippen molar-refractivity contribution in [1.29, 1.82) is 0 Å². The number of nitrogens with zero attached hydrogens (tertiary/aromatic N) is 2. The van der Waals surface area contributed by atoms with E-state index in [1.807, 2.05) is 12.1 Å². The molecular formula is C22H19N3O5S. The molecule has 0 aliphatic carbocycles. The van der Waals surface area contributed by atoms with Gasteiger partial charge in [0, 0.05) is 13.3 Å². The molecule has 2 heterocycles. The Hall–Kier alpha value is -3.72. The van der Waals surface area contributed by atoms with Gasteiger partial charge in [-0.25, -0.2) is 0 Å². The summed E-state index contributed by atoms with van der Waals surface area (Å²) in [4.78, 5) is 44.7. The van der Waals surface area contributed by atoms with Crippen LogP contribution in [0.3, 0.4) is 0 Å². The van der Waals surface area contributed by atoms with E-state index in [4.69, 9.17) is 4.74 Å². The van der Waals surface area contributed by atoms with Gasteiger partial charge in [-0.1, -0.05) is 24.3 Å². The molecule has 8 nitrogen and oxygen atoms in total. The molecule has 0 bridgehead atoms. The molecule has 2 aromatic carbocycles. The topological polar surface area (TPSA) is 112 Å². The van der Waals surface area contributed by atoms with Gasteiger partial charge in [0.15, 0.2) is 5.06 Å². The van der Waals surface area contributed by atoms with Crippen LogP contribution in [0.15, 0.2) is 63.1 Å². The number of ether oxygens (including phenoxy) is 1. The van der Waals surface area contributed by atoms with E-state index in [-0.39, 0.29) is 23.6 Å². The van der Waals surface area contributed by atoms with Crippen LogP contribution in [-0.2, 0) is 4.79 Å². The van der Waals surface area contributed by atoms with Crippen LogP contribution >= 0.6 is 11.3 Å². The third-order valence-corrected chi connectivity index (χ3v) is 5.75. The molecular weight excluding hydrogens is 418 g/mol. The second kappa shape index (κ2) is 8.19. The Bertz CT molecular complexity index is 1290. The zero-order valence-corrected chi connectivity index (χ0v) is 17.6. The Labute approximate surface area is 181 Å². The van der Waals surface area contributed by atoms with Crippen LogP contribution in [0.25, 0.3) is 0 Å². The van der Waals surface area contributed by atoms with Gasteiger partial charge in [0.05, 0.1) is 30.2 Å². The number of methoxy groups -OCH3 is 1. The van der Waals surface area contributed by atoms with Gasteiger partial charge in [0.1, 0.15) is 11.3 Å². The quantitative estimate of drug-likeness (QED) is 0.654. The Morgan fingerprint density at radius 2 is 1.90 bits per heavy atom. The molecule has 0 radical (unpaired) electrons. The predicted octanol–water partition coefficient (Wildman–Crippen LogP) is 3.13. The van der Waals surface area contributed by atoms with Gasteiger partial charge in [-0.3, -0.25) is 24.4 Å². The van der Waals surface area contributed by atoms with E-state index in [2.05, 4.69) is 9.98 Å². The first-order valence-electron chi connectivity index (χ1n) is 9.46. The number of aromatic nitrogens is 1. The first kappa shape index (κ1) is 20.5. The van der Waals surface area contributed by atoms with Crippen LogP contribution < -0.4 is 20.1 Å². The van der Waals surface area contributed by atoms with Crippen LogP contribution in [0.1, 0.15) is 30.5 Å². The number of benzene rings is 2. The zero-order valence-electron chi connectivity index (χ0n) is 16.8. The number of amides is 1. The number of carbonyl (C=O) groups is 1. The Morgan fingerprint density at radius 3 is 2.55 bits per heavy atom. The monoisotopic (exact) mass is 437 g/mol. The van der Waals surface area contributed by atoms with Crippen LogP contribution in [-0.4, -0.2) is 28.8 Å². The van der Waals surface area contributed by atoms with Crippen LogP contribution in [0, 0.1) is 0 Å². The van der Waals surface area contributed by atoms with Crippen molar-refractivity contribution in [2.24, 2.45) is 4.99 Å². The van der Waals surface area contributed by atoms with Gasteiger partial charge in [-0.2, -0.15) is 0 Å². The summed E-state index contributed by atoms with van der Waals surface area (Å²) in [7, 11) is 1.57. The molecule has 1 aliphatic rings. The maximum atomic E-state index is 12.7. The molecule has 0 spiro atoms. The molecule has 0 saturated carbocycles. The standard InChI is InChI=1S/C22H19N3O5S/c1-12(26)25-17-6-4-3-5-15(17)23-16(19-20(27)24-22(29)31-21(19)28)11-18(25)13-7-9-14(30-2)10-8-13/h3-10,18,28H,11H2,1-2H3,(H,24,27,29)/t18-/m1/s1. The summed E-state index contributed by atoms with van der Waals surface area (Å²) in [6.07, 6.45) is 0.155. The van der Waals surface area contributed by atoms with Crippen molar-refractivity contribution >= 4 is 34.3 Å². The highest BCUT2D eigenvalue weighted by molar-refractivity contribution is 7.11. The lowest BCUT2D eigenvalue weighted by atomic mass is 9.96. The molecule has 0 saturated heterocycles. The Balaban J connectivity index is 1.95. The highest BCUT2D eigenvalue weighted by Crippen LogP contribution is 2.41. The minimum Gasteiger partial charge on any atom is -0.499 e. The predicted molar refractivity (Wildman–Crippen MR) is 119 cm³/mol. The maximum absolute atomic E-state index is 12.7. The number of rotatable bonds is 3. The van der Waals surface area contributed by atoms with E-state index in [0.29, 0.717) is 28.5 Å². The maximum Gasteiger partial charge on any atom is 0.310 e. The Morgan fingerprint density at radius 1 is 1.19 bits per heavy atom. The number of carbonyl (C=O) groups excluding carboxylic acids is 1. The summed E-state index contributed by atoms with van der Waals surface area (Å²) in [5.41, 5.74) is 1.38. The summed E-state index contributed by atoms with van der Waals surface area (Å²) in [6, 6.07) is 13.9. The average Bonchev–Trinajstić information content (AvgIpc) is 2.90. The smallest absolute Gasteiger partial charge is 0.310 e. The number of hydrogen-bond donors (Lipinski definition) is 2. The summed E-state index contributed by atoms with van der Waals surface area (Å²) in [5, 5.41) is 9.98. The van der Waals surface area contributed by atoms with Crippen LogP contribution in [0.4, 0.5) is 11.4 Å². The fourth-order valence-electron chi connectivity index (χ4n) is 3.71. The molecule has 0 unspecified atom stereocenters. The van der Waals surface area contributed by atoms with E-state index < -0.39 is 21.5 Å². The lowest BCUT2D eigenvalue weighted by Crippen LogP contribution is -2.34. The van der Waals surface area contributed by atoms with E-state index in [1.165, 1.54) is 6.92 Å². The van der Waals surface area contributed by atoms with Gasteiger partial charge in [-0.15, -0.1) is 0 Å². The van der Waals surface area contributed by atoms with Crippen molar-refractivity contribution in [3.63, 3.8) is 0 Å². The minimum absolute atomic E-state index is 0.0664. The van der Waals surface area contributed by atoms with Gasteiger partial charge < -0.3 is 14.7 Å². The zero-order chi connectivity index (χ0) is 22.1. The number of nitrogens with one attached hydrogen (secondary N) is 1. The summed E-state index contributed by atoms with van der Waals surface area (Å²) >= 11 is 0.530. The molecule has 31 heavy (non-hydrogen) atoms. The molecule has 1 atom stereocenters. The van der Waals surface area contributed by atoms with Crippen molar-refractivity contribution in [3.05, 3.63) is 79.7 Å². The van der Waals surface area contributed by atoms with Crippen molar-refractivity contribution in [2.75, 3.05) is 12.0 Å². The normalized spacial score (nSPS) is 15.6. The second-order valence-electron chi connectivity index (χ2n) is 6.95. The molecule has 9 heteroatoms. The second-order valence-corrected chi connectivity index (χ2v) is 7.91. The van der Waals surface area contributed by atoms with Crippen molar-refractivity contribution in [3.8, 4) is 10.8 Å². The number of aromatic amines is 1. The number of H-pyrrole nitrogens is 1. The first-order chi connectivity index (χ1) is 14.9. The number of aliphatic imine (C=N–C) groups is 1. The van der Waals surface area contributed by atoms with E-state index in [1.54, 1.807) is 48.4 Å². The minimum atomic E-state index is -0.720. The molecule has 3 aromatic rings. The van der Waals surface area contributed by atoms with Crippen molar-refractivity contribution < 1.29 is 14.6 Å². The lowest BCUT2D eigenvalue weighted by Gasteiger charge is -2.30. The van der Waals surface area contributed by atoms with Crippen molar-refractivity contribution in [2.45, 2.75) is 19.4 Å². The summed E-state index contributed by atoms with van der Waals surface area (Å²) in [6.45, 7) is 1.47. The molecule has 2 N–H and O–H groups in total. The molecule has 1 aromatic heterocycles. The van der Waals surface area contributed by atoms with Crippen LogP contribution in [0.5, 0.6) is 10.8 Å². The molecule has 158 valence electrons. The van der Waals surface area contributed by atoms with E-state index >= 15 is 0 Å². The summed E-state index contributed by atoms with van der Waals surface area (Å²) < 4.78 is 5.23. The molecule has 0 fully saturated rings. The Kier molecular flexibility index (Phi) is 5.43. The number of aromatic hydroxyl groups is 1. The number of fused-ring (bicyclic) bond motifs is 1. The molecule has 4 rings (SSSR count). The van der Waals surface area contributed by atoms with Gasteiger partial charge in [0.25, 0.3) is 5.56 Å². The number of anilines is 1. The third-order valence-electron chi connectivity index (χ3n) is 5.07. The average molecular weight is 437 g/mol. The largest absolute Gasteiger partial charge is 0.499 e. The van der Waals surface area contributed by atoms with Crippen LogP contribution in [0.2, 0.25) is 0 Å². The number of para-hydroxylation sites is 2. The van der Waals surface area contributed by atoms with Gasteiger partial charge >= 0.3 is 4.87 Å². The lowest BCUT2D eigenvalue weighted by molar-refractivity contribution is -0.117. The fourth-order valence-corrected chi connectivity index (χ4v) is 4.34. The first-order valence-corrected chi connectivity index (χ1v) is 10.3. The fraction of sp³-hybridized carbons (Fsp3) is 0.182. The van der Waals surface area contributed by atoms with Crippen molar-refractivity contribution in [1.82, 2.24) is 4.98 Å². The number of hydrogen-bond acceptors (Lipinski definition) is 7. The molecule has 1 aliphatic heterocycles. The third kappa shape index (κ3) is 3.87. The van der Waals surface area contributed by atoms with E-state index in [9.17, 15) is 19.5 Å². The molecule has 1 amide bonds. The highest BCUT2D eigenvalue weighted by atomic mass is 32.1. The van der Waals surface area contributed by atoms with Gasteiger partial charge in [-0.05, 0) is 41.2 Å². The van der Waals surface area contributed by atoms with Gasteiger partial charge in [0.2, 0.25) is 5.91 Å². The SMILES string of the molecule is COc1ccc([C@H]2CC(c3c(O)sc(=O)[nH]c3=O)=Nc3ccccc3N2C(C)=O)cc1. The highest BCUT2D eigenvalue weighted by Gasteiger charge is 2.32. The summed E-state index contributed by atoms with van der Waals surface area (Å²) in [5.74, 6) is 0.475.